The monoisotopic (exact) mass is 311 g/mol. The van der Waals surface area contributed by atoms with Gasteiger partial charge in [0.15, 0.2) is 0 Å². The van der Waals surface area contributed by atoms with Crippen molar-refractivity contribution in [2.45, 2.75) is 0 Å². The fourth-order valence-corrected chi connectivity index (χ4v) is 1.57. The third kappa shape index (κ3) is 5.38. The fraction of sp³-hybridized carbons (Fsp3) is 0.308. The molecule has 1 aromatic carbocycles. The van der Waals surface area contributed by atoms with Crippen molar-refractivity contribution in [3.63, 3.8) is 0 Å². The van der Waals surface area contributed by atoms with Crippen molar-refractivity contribution in [2.24, 2.45) is 11.5 Å². The number of esters is 1. The van der Waals surface area contributed by atoms with Gasteiger partial charge >= 0.3 is 11.9 Å². The molecule has 0 saturated heterocycles. The summed E-state index contributed by atoms with van der Waals surface area (Å²) in [6.07, 6.45) is 0. The van der Waals surface area contributed by atoms with E-state index in [1.54, 1.807) is 0 Å². The Morgan fingerprint density at radius 3 is 2.68 bits per heavy atom. The van der Waals surface area contributed by atoms with Crippen molar-refractivity contribution in [2.75, 3.05) is 32.2 Å². The lowest BCUT2D eigenvalue weighted by atomic mass is 10.1. The summed E-state index contributed by atoms with van der Waals surface area (Å²) in [6.45, 7) is -0.337. The Hall–Kier alpha value is -2.65. The number of amides is 1. The van der Waals surface area contributed by atoms with Crippen LogP contribution in [-0.4, -0.2) is 49.9 Å². The van der Waals surface area contributed by atoms with E-state index in [4.69, 9.17) is 21.3 Å². The van der Waals surface area contributed by atoms with Crippen LogP contribution in [0.3, 0.4) is 0 Å². The predicted molar refractivity (Wildman–Crippen MR) is 78.3 cm³/mol. The number of carbonyl (C=O) groups is 2. The molecule has 0 bridgehead atoms. The molecule has 0 saturated carbocycles. The molecule has 0 aromatic heterocycles. The van der Waals surface area contributed by atoms with Gasteiger partial charge < -0.3 is 19.9 Å². The molecule has 9 nitrogen and oxygen atoms in total. The number of hydrogen-bond donors (Lipinski definition) is 5. The molecule has 0 radical (unpaired) electrons. The zero-order valence-electron chi connectivity index (χ0n) is 12.1. The van der Waals surface area contributed by atoms with Gasteiger partial charge in [-0.2, -0.15) is 0 Å². The third-order valence-corrected chi connectivity index (χ3v) is 2.46. The standard InChI is InChI=1S/C13H18N4O5/c1-21-12(20)8-2-3-9(10(6-8)17-13(14)15)16-11(19)7-22-5-4-18/h2-3,6,18H,4-5,7H2,1H3,(H,16,19)(H4,14,15,17)/p+1. The molecular formula is C13H19N4O5+. The normalized spacial score (nSPS) is 9.91. The van der Waals surface area contributed by atoms with Crippen LogP contribution in [-0.2, 0) is 14.3 Å². The predicted octanol–water partition coefficient (Wildman–Crippen LogP) is -2.59. The Kier molecular flexibility index (Phi) is 6.80. The molecule has 0 aliphatic carbocycles. The van der Waals surface area contributed by atoms with Crippen LogP contribution in [0.1, 0.15) is 10.4 Å². The SMILES string of the molecule is COC(=O)c1ccc(NC(=O)COCCO)c([NH+]=C(N)N)c1. The van der Waals surface area contributed by atoms with E-state index in [1.165, 1.54) is 25.3 Å². The Morgan fingerprint density at radius 1 is 1.36 bits per heavy atom. The molecule has 9 heteroatoms. The lowest BCUT2D eigenvalue weighted by Gasteiger charge is -2.09. The van der Waals surface area contributed by atoms with E-state index in [9.17, 15) is 9.59 Å². The highest BCUT2D eigenvalue weighted by atomic mass is 16.5. The van der Waals surface area contributed by atoms with Gasteiger partial charge in [-0.25, -0.2) is 9.79 Å². The molecule has 0 aliphatic rings. The maximum atomic E-state index is 11.7. The highest BCUT2D eigenvalue weighted by Crippen LogP contribution is 2.19. The van der Waals surface area contributed by atoms with Gasteiger partial charge in [0.2, 0.25) is 5.91 Å². The first-order chi connectivity index (χ1) is 10.5. The van der Waals surface area contributed by atoms with Crippen LogP contribution < -0.4 is 21.8 Å². The first-order valence-electron chi connectivity index (χ1n) is 6.33. The van der Waals surface area contributed by atoms with Crippen molar-refractivity contribution >= 4 is 29.2 Å². The van der Waals surface area contributed by atoms with E-state index >= 15 is 0 Å². The molecule has 0 atom stereocenters. The van der Waals surface area contributed by atoms with Gasteiger partial charge in [0.1, 0.15) is 12.3 Å². The number of aliphatic hydroxyl groups excluding tert-OH is 1. The van der Waals surface area contributed by atoms with Crippen LogP contribution >= 0.6 is 0 Å². The number of benzene rings is 1. The third-order valence-electron chi connectivity index (χ3n) is 2.46. The lowest BCUT2D eigenvalue weighted by molar-refractivity contribution is -0.355. The first-order valence-corrected chi connectivity index (χ1v) is 6.33. The van der Waals surface area contributed by atoms with Crippen LogP contribution in [0, 0.1) is 0 Å². The second-order valence-electron chi connectivity index (χ2n) is 4.16. The summed E-state index contributed by atoms with van der Waals surface area (Å²) in [5.74, 6) is -1.07. The summed E-state index contributed by atoms with van der Waals surface area (Å²) < 4.78 is 9.52. The van der Waals surface area contributed by atoms with E-state index in [0.717, 1.165) is 0 Å². The number of ether oxygens (including phenoxy) is 2. The van der Waals surface area contributed by atoms with Crippen molar-refractivity contribution in [3.05, 3.63) is 23.8 Å². The number of methoxy groups -OCH3 is 1. The zero-order chi connectivity index (χ0) is 16.5. The molecule has 0 heterocycles. The number of carbonyl (C=O) groups excluding carboxylic acids is 2. The van der Waals surface area contributed by atoms with Crippen LogP contribution in [0.2, 0.25) is 0 Å². The van der Waals surface area contributed by atoms with E-state index in [1.807, 2.05) is 0 Å². The average Bonchev–Trinajstić information content (AvgIpc) is 2.48. The molecule has 22 heavy (non-hydrogen) atoms. The van der Waals surface area contributed by atoms with Crippen molar-refractivity contribution in [1.29, 1.82) is 0 Å². The summed E-state index contributed by atoms with van der Waals surface area (Å²) in [7, 11) is 1.26. The summed E-state index contributed by atoms with van der Waals surface area (Å²) in [5, 5.41) is 11.2. The number of hydrogen-bond acceptors (Lipinski definition) is 5. The van der Waals surface area contributed by atoms with Crippen molar-refractivity contribution in [1.82, 2.24) is 0 Å². The molecule has 0 unspecified atom stereocenters. The Morgan fingerprint density at radius 2 is 2.09 bits per heavy atom. The number of rotatable bonds is 7. The second kappa shape index (κ2) is 8.60. The first kappa shape index (κ1) is 17.4. The van der Waals surface area contributed by atoms with E-state index in [0.29, 0.717) is 11.4 Å². The van der Waals surface area contributed by atoms with E-state index in [2.05, 4.69) is 15.0 Å². The maximum absolute atomic E-state index is 11.7. The topological polar surface area (TPSA) is 151 Å². The molecule has 0 aliphatic heterocycles. The number of guanidine groups is 1. The Balaban J connectivity index is 2.95. The van der Waals surface area contributed by atoms with Gasteiger partial charge in [0.25, 0.3) is 0 Å². The number of nitrogens with two attached hydrogens (primary N) is 2. The van der Waals surface area contributed by atoms with Crippen molar-refractivity contribution in [3.8, 4) is 0 Å². The van der Waals surface area contributed by atoms with Gasteiger partial charge in [-0.05, 0) is 18.2 Å². The number of aliphatic hydroxyl groups is 1. The molecule has 120 valence electrons. The number of anilines is 1. The van der Waals surface area contributed by atoms with Crippen LogP contribution in [0.15, 0.2) is 18.2 Å². The van der Waals surface area contributed by atoms with Gasteiger partial charge in [-0.15, -0.1) is 0 Å². The van der Waals surface area contributed by atoms with Crippen molar-refractivity contribution < 1.29 is 29.2 Å². The largest absolute Gasteiger partial charge is 0.465 e. The fourth-order valence-electron chi connectivity index (χ4n) is 1.57. The summed E-state index contributed by atoms with van der Waals surface area (Å²) in [6, 6.07) is 4.42. The molecule has 1 amide bonds. The molecule has 1 rings (SSSR count). The quantitative estimate of drug-likeness (QED) is 0.160. The minimum absolute atomic E-state index is 0.0589. The van der Waals surface area contributed by atoms with Crippen LogP contribution in [0.5, 0.6) is 0 Å². The lowest BCUT2D eigenvalue weighted by Crippen LogP contribution is -2.72. The van der Waals surface area contributed by atoms with Gasteiger partial charge in [0, 0.05) is 0 Å². The van der Waals surface area contributed by atoms with Gasteiger partial charge in [-0.3, -0.25) is 16.3 Å². The number of nitrogens with one attached hydrogen (secondary N) is 2. The molecule has 1 aromatic rings. The molecular weight excluding hydrogens is 292 g/mol. The summed E-state index contributed by atoms with van der Waals surface area (Å²) in [5.41, 5.74) is 11.7. The second-order valence-corrected chi connectivity index (χ2v) is 4.16. The summed E-state index contributed by atoms with van der Waals surface area (Å²) in [4.78, 5) is 25.8. The molecule has 7 N–H and O–H groups in total. The molecule has 0 fully saturated rings. The Bertz CT molecular complexity index is 570. The van der Waals surface area contributed by atoms with Crippen LogP contribution in [0.25, 0.3) is 0 Å². The minimum atomic E-state index is -0.539. The summed E-state index contributed by atoms with van der Waals surface area (Å²) >= 11 is 0. The maximum Gasteiger partial charge on any atom is 0.343 e. The molecule has 0 spiro atoms. The van der Waals surface area contributed by atoms with E-state index < -0.39 is 11.9 Å². The van der Waals surface area contributed by atoms with Gasteiger partial charge in [0.05, 0.1) is 31.6 Å². The van der Waals surface area contributed by atoms with Crippen LogP contribution in [0.4, 0.5) is 11.4 Å². The van der Waals surface area contributed by atoms with E-state index in [-0.39, 0.29) is 31.3 Å². The Labute approximate surface area is 126 Å². The highest BCUT2D eigenvalue weighted by Gasteiger charge is 2.13. The smallest absolute Gasteiger partial charge is 0.343 e. The minimum Gasteiger partial charge on any atom is -0.465 e. The average molecular weight is 311 g/mol. The van der Waals surface area contributed by atoms with Gasteiger partial charge in [-0.1, -0.05) is 0 Å². The zero-order valence-corrected chi connectivity index (χ0v) is 12.1. The highest BCUT2D eigenvalue weighted by molar-refractivity contribution is 5.96.